The van der Waals surface area contributed by atoms with E-state index in [-0.39, 0.29) is 19.8 Å². The third kappa shape index (κ3) is 4.72. The molecule has 0 amide bonds. The van der Waals surface area contributed by atoms with Gasteiger partial charge in [0.2, 0.25) is 0 Å². The van der Waals surface area contributed by atoms with Crippen molar-refractivity contribution in [1.29, 1.82) is 0 Å². The molecule has 17 heavy (non-hydrogen) atoms. The number of hydrogen-bond donors (Lipinski definition) is 2. The molecule has 1 heterocycles. The highest BCUT2D eigenvalue weighted by Gasteiger charge is 2.27. The highest BCUT2D eigenvalue weighted by molar-refractivity contribution is 5.04. The number of ether oxygens (including phenoxy) is 1. The maximum absolute atomic E-state index is 11.8. The molecular weight excluding hydrogens is 239 g/mol. The lowest BCUT2D eigenvalue weighted by Crippen LogP contribution is -2.22. The van der Waals surface area contributed by atoms with Crippen LogP contribution in [-0.2, 0) is 11.3 Å². The molecule has 0 aliphatic carbocycles. The van der Waals surface area contributed by atoms with E-state index in [2.05, 4.69) is 9.72 Å². The second-order valence-electron chi connectivity index (χ2n) is 3.47. The number of hydrogen-bond acceptors (Lipinski definition) is 4. The molecule has 0 fully saturated rings. The van der Waals surface area contributed by atoms with Crippen molar-refractivity contribution in [1.82, 2.24) is 9.55 Å². The maximum Gasteiger partial charge on any atom is 0.411 e. The van der Waals surface area contributed by atoms with Gasteiger partial charge in [-0.1, -0.05) is 0 Å². The van der Waals surface area contributed by atoms with Crippen LogP contribution in [-0.4, -0.2) is 40.7 Å². The van der Waals surface area contributed by atoms with Gasteiger partial charge in [-0.2, -0.15) is 13.2 Å². The van der Waals surface area contributed by atoms with Crippen LogP contribution in [0.5, 0.6) is 0 Å². The molecule has 0 spiro atoms. The second kappa shape index (κ2) is 5.99. The summed E-state index contributed by atoms with van der Waals surface area (Å²) >= 11 is 0. The molecule has 0 aromatic carbocycles. The highest BCUT2D eigenvalue weighted by atomic mass is 19.4. The van der Waals surface area contributed by atoms with Crippen molar-refractivity contribution in [2.75, 3.05) is 19.8 Å². The zero-order valence-corrected chi connectivity index (χ0v) is 9.02. The molecule has 3 N–H and O–H groups in total. The molecule has 0 aliphatic heterocycles. The number of rotatable bonds is 6. The number of halogens is 3. The van der Waals surface area contributed by atoms with Gasteiger partial charge in [-0.3, -0.25) is 0 Å². The van der Waals surface area contributed by atoms with E-state index in [0.29, 0.717) is 5.69 Å². The molecule has 8 heteroatoms. The van der Waals surface area contributed by atoms with Crippen LogP contribution in [0.3, 0.4) is 0 Å². The number of aliphatic hydroxyl groups is 1. The van der Waals surface area contributed by atoms with Crippen LogP contribution in [0.2, 0.25) is 0 Å². The maximum atomic E-state index is 11.8. The molecule has 1 atom stereocenters. The number of aromatic nitrogens is 2. The van der Waals surface area contributed by atoms with Crippen molar-refractivity contribution in [3.63, 3.8) is 0 Å². The van der Waals surface area contributed by atoms with Gasteiger partial charge in [0.15, 0.2) is 0 Å². The molecule has 0 bridgehead atoms. The Bertz CT molecular complexity index is 340. The average Bonchev–Trinajstić information content (AvgIpc) is 2.70. The minimum absolute atomic E-state index is 0.0962. The molecule has 0 radical (unpaired) electrons. The second-order valence-corrected chi connectivity index (χ2v) is 3.47. The van der Waals surface area contributed by atoms with Gasteiger partial charge < -0.3 is 20.1 Å². The third-order valence-corrected chi connectivity index (χ3v) is 2.06. The van der Waals surface area contributed by atoms with E-state index in [9.17, 15) is 13.2 Å². The fourth-order valence-corrected chi connectivity index (χ4v) is 1.27. The van der Waals surface area contributed by atoms with Crippen molar-refractivity contribution in [2.45, 2.75) is 18.8 Å². The number of nitrogens with zero attached hydrogens (tertiary/aromatic N) is 2. The summed E-state index contributed by atoms with van der Waals surface area (Å²) < 4.78 is 41.4. The van der Waals surface area contributed by atoms with E-state index in [1.165, 1.54) is 12.5 Å². The van der Waals surface area contributed by atoms with Crippen molar-refractivity contribution in [3.8, 4) is 0 Å². The van der Waals surface area contributed by atoms with E-state index in [1.807, 2.05) is 0 Å². The van der Waals surface area contributed by atoms with E-state index < -0.39 is 18.8 Å². The van der Waals surface area contributed by atoms with Gasteiger partial charge in [-0.25, -0.2) is 4.98 Å². The van der Waals surface area contributed by atoms with Crippen molar-refractivity contribution in [3.05, 3.63) is 18.2 Å². The largest absolute Gasteiger partial charge is 0.411 e. The standard InChI is InChI=1S/C9H14F3N3O2/c10-9(11,12)5-17-2-1-15-6-14-3-8(15)7(13)4-16/h3,6-7,16H,1-2,4-5,13H2. The van der Waals surface area contributed by atoms with E-state index in [4.69, 9.17) is 10.8 Å². The fraction of sp³-hybridized carbons (Fsp3) is 0.667. The summed E-state index contributed by atoms with van der Waals surface area (Å²) in [6.07, 6.45) is -1.42. The first-order chi connectivity index (χ1) is 7.94. The van der Waals surface area contributed by atoms with Gasteiger partial charge in [0.1, 0.15) is 6.61 Å². The summed E-state index contributed by atoms with van der Waals surface area (Å²) in [5.74, 6) is 0. The van der Waals surface area contributed by atoms with E-state index in [0.717, 1.165) is 0 Å². The van der Waals surface area contributed by atoms with Gasteiger partial charge in [-0.05, 0) is 0 Å². The molecule has 98 valence electrons. The number of aliphatic hydroxyl groups excluding tert-OH is 1. The molecular formula is C9H14F3N3O2. The summed E-state index contributed by atoms with van der Waals surface area (Å²) in [6.45, 7) is -1.42. The lowest BCUT2D eigenvalue weighted by molar-refractivity contribution is -0.174. The normalized spacial score (nSPS) is 13.9. The summed E-state index contributed by atoms with van der Waals surface area (Å²) in [5.41, 5.74) is 6.14. The molecule has 1 unspecified atom stereocenters. The van der Waals surface area contributed by atoms with Crippen LogP contribution < -0.4 is 5.73 Å². The van der Waals surface area contributed by atoms with Gasteiger partial charge in [0.05, 0.1) is 31.3 Å². The Morgan fingerprint density at radius 3 is 2.82 bits per heavy atom. The Kier molecular flexibility index (Phi) is 4.91. The Labute approximate surface area is 96.0 Å². The van der Waals surface area contributed by atoms with E-state index >= 15 is 0 Å². The third-order valence-electron chi connectivity index (χ3n) is 2.06. The first kappa shape index (κ1) is 13.9. The van der Waals surface area contributed by atoms with Crippen molar-refractivity contribution < 1.29 is 23.0 Å². The van der Waals surface area contributed by atoms with Crippen LogP contribution in [0.4, 0.5) is 13.2 Å². The average molecular weight is 253 g/mol. The molecule has 0 saturated carbocycles. The minimum Gasteiger partial charge on any atom is -0.394 e. The van der Waals surface area contributed by atoms with Gasteiger partial charge in [-0.15, -0.1) is 0 Å². The van der Waals surface area contributed by atoms with Crippen LogP contribution in [0.25, 0.3) is 0 Å². The monoisotopic (exact) mass is 253 g/mol. The van der Waals surface area contributed by atoms with Crippen LogP contribution in [0.15, 0.2) is 12.5 Å². The smallest absolute Gasteiger partial charge is 0.394 e. The van der Waals surface area contributed by atoms with Gasteiger partial charge in [0.25, 0.3) is 0 Å². The van der Waals surface area contributed by atoms with Crippen molar-refractivity contribution >= 4 is 0 Å². The molecule has 0 aliphatic rings. The van der Waals surface area contributed by atoms with Crippen molar-refractivity contribution in [2.24, 2.45) is 5.73 Å². The zero-order chi connectivity index (χ0) is 12.9. The predicted octanol–water partition coefficient (Wildman–Crippen LogP) is 0.454. The Balaban J connectivity index is 2.39. The first-order valence-electron chi connectivity index (χ1n) is 4.95. The Morgan fingerprint density at radius 1 is 1.53 bits per heavy atom. The molecule has 1 aromatic rings. The summed E-state index contributed by atoms with van der Waals surface area (Å²) in [4.78, 5) is 3.81. The summed E-state index contributed by atoms with van der Waals surface area (Å²) in [5, 5.41) is 8.86. The fourth-order valence-electron chi connectivity index (χ4n) is 1.27. The lowest BCUT2D eigenvalue weighted by atomic mass is 10.2. The predicted molar refractivity (Wildman–Crippen MR) is 53.1 cm³/mol. The van der Waals surface area contributed by atoms with Crippen LogP contribution >= 0.6 is 0 Å². The zero-order valence-electron chi connectivity index (χ0n) is 9.02. The first-order valence-corrected chi connectivity index (χ1v) is 4.95. The van der Waals surface area contributed by atoms with Gasteiger partial charge in [0, 0.05) is 12.7 Å². The Hall–Kier alpha value is -1.12. The highest BCUT2D eigenvalue weighted by Crippen LogP contribution is 2.14. The molecule has 5 nitrogen and oxygen atoms in total. The summed E-state index contributed by atoms with van der Waals surface area (Å²) in [7, 11) is 0. The molecule has 1 rings (SSSR count). The topological polar surface area (TPSA) is 73.3 Å². The number of alkyl halides is 3. The van der Waals surface area contributed by atoms with Crippen LogP contribution in [0, 0.1) is 0 Å². The quantitative estimate of drug-likeness (QED) is 0.722. The number of imidazole rings is 1. The molecule has 0 saturated heterocycles. The minimum atomic E-state index is -4.32. The Morgan fingerprint density at radius 2 is 2.24 bits per heavy atom. The number of nitrogens with two attached hydrogens (primary N) is 1. The van der Waals surface area contributed by atoms with Crippen LogP contribution in [0.1, 0.15) is 11.7 Å². The lowest BCUT2D eigenvalue weighted by Gasteiger charge is -2.13. The van der Waals surface area contributed by atoms with E-state index in [1.54, 1.807) is 4.57 Å². The SMILES string of the molecule is NC(CO)c1cncn1CCOCC(F)(F)F. The molecule has 1 aromatic heterocycles. The summed E-state index contributed by atoms with van der Waals surface area (Å²) in [6, 6.07) is -0.597. The van der Waals surface area contributed by atoms with Gasteiger partial charge >= 0.3 is 6.18 Å².